The van der Waals surface area contributed by atoms with Gasteiger partial charge in [-0.3, -0.25) is 18.7 Å². The Kier molecular flexibility index (Phi) is 15.1. The molecule has 0 atom stereocenters. The molecule has 0 spiro atoms. The lowest BCUT2D eigenvalue weighted by Gasteiger charge is -2.11. The summed E-state index contributed by atoms with van der Waals surface area (Å²) in [5, 5.41) is 28.2. The highest BCUT2D eigenvalue weighted by Gasteiger charge is 2.30. The van der Waals surface area contributed by atoms with Crippen LogP contribution in [0.5, 0.6) is 0 Å². The average Bonchev–Trinajstić information content (AvgIpc) is 1.54. The predicted molar refractivity (Wildman–Crippen MR) is 553 cm³/mol. The Morgan fingerprint density at radius 1 is 0.209 bits per heavy atom. The molecule has 30 rings (SSSR count). The van der Waals surface area contributed by atoms with E-state index in [1.165, 1.54) is 141 Å². The van der Waals surface area contributed by atoms with Gasteiger partial charge in [-0.15, -0.1) is 68.0 Å². The predicted octanol–water partition coefficient (Wildman–Crippen LogP) is 32.8. The molecule has 13 heterocycles. The van der Waals surface area contributed by atoms with Gasteiger partial charge in [0.15, 0.2) is 0 Å². The first-order valence-electron chi connectivity index (χ1n) is 45.0. The molecule has 0 aliphatic heterocycles. The molecule has 600 valence electrons. The lowest BCUT2D eigenvalue weighted by Crippen LogP contribution is -2.03. The number of hydrogen-bond acceptors (Lipinski definition) is 13. The van der Waals surface area contributed by atoms with E-state index in [9.17, 15) is 0 Å². The van der Waals surface area contributed by atoms with Crippen molar-refractivity contribution >= 4 is 287 Å². The van der Waals surface area contributed by atoms with Gasteiger partial charge in [-0.1, -0.05) is 297 Å². The largest absolute Gasteiger partial charge is 0.276 e. The SMILES string of the molecule is [2H]c1c([2H])c([2H])c(-c2nc(-n3c4ccccc4c4c5ccccc5c5c6ccccc6sc5c43)nc3sc4ccccc4c23)c([2H])c1[2H].c1ccc(-c2nc(-n3c4ccccc4c4c5ccccc5c5c6ccccc6sc5c43)nc3sc4ccccc4c23)cc1.c1cncc(-c2nc(-n3c4ccccc4c4c5ccccc5c5c6ccccc6sc5c43)nc3sc4ccccc4c23)c1. The van der Waals surface area contributed by atoms with Gasteiger partial charge in [0.05, 0.1) is 71.1 Å². The fourth-order valence-corrected chi connectivity index (χ4v) is 27.2. The molecule has 0 aliphatic rings. The van der Waals surface area contributed by atoms with Crippen LogP contribution in [0.2, 0.25) is 0 Å². The minimum atomic E-state index is -0.434. The number of benzene rings is 17. The van der Waals surface area contributed by atoms with Crippen molar-refractivity contribution < 1.29 is 6.85 Å². The smallest absolute Gasteiger partial charge is 0.236 e. The Hall–Kier alpha value is -15.4. The van der Waals surface area contributed by atoms with E-state index in [-0.39, 0.29) is 17.6 Å². The van der Waals surface area contributed by atoms with Gasteiger partial charge in [0.25, 0.3) is 0 Å². The molecule has 10 nitrogen and oxygen atoms in total. The van der Waals surface area contributed by atoms with Crippen molar-refractivity contribution in [2.24, 2.45) is 0 Å². The second kappa shape index (κ2) is 28.6. The monoisotopic (exact) mass is 1760 g/mol. The van der Waals surface area contributed by atoms with Crippen LogP contribution in [0.25, 0.3) is 271 Å². The number of hydrogen-bond donors (Lipinski definition) is 0. The van der Waals surface area contributed by atoms with E-state index < -0.39 is 18.1 Å². The fraction of sp³-hybridized carbons (Fsp3) is 0. The molecule has 30 aromatic rings. The molecule has 17 aromatic carbocycles. The van der Waals surface area contributed by atoms with E-state index in [0.29, 0.717) is 33.8 Å². The van der Waals surface area contributed by atoms with Crippen molar-refractivity contribution in [3.63, 3.8) is 0 Å². The maximum atomic E-state index is 8.94. The average molecular weight is 1760 g/mol. The van der Waals surface area contributed by atoms with Crippen molar-refractivity contribution in [1.82, 2.24) is 48.6 Å². The topological polar surface area (TPSA) is 105 Å². The molecule has 0 saturated carbocycles. The van der Waals surface area contributed by atoms with Gasteiger partial charge in [-0.25, -0.2) is 29.9 Å². The Labute approximate surface area is 764 Å². The highest BCUT2D eigenvalue weighted by molar-refractivity contribution is 7.28. The first-order chi connectivity index (χ1) is 66.1. The second-order valence-corrected chi connectivity index (χ2v) is 38.6. The highest BCUT2D eigenvalue weighted by atomic mass is 32.1. The van der Waals surface area contributed by atoms with Crippen LogP contribution < -0.4 is 0 Å². The second-order valence-electron chi connectivity index (χ2n) is 32.3. The minimum Gasteiger partial charge on any atom is -0.276 e. The van der Waals surface area contributed by atoms with Gasteiger partial charge in [0.1, 0.15) is 14.5 Å². The first-order valence-corrected chi connectivity index (χ1v) is 47.4. The van der Waals surface area contributed by atoms with Gasteiger partial charge >= 0.3 is 0 Å². The number of para-hydroxylation sites is 3. The van der Waals surface area contributed by atoms with Crippen LogP contribution in [-0.4, -0.2) is 48.6 Å². The van der Waals surface area contributed by atoms with Gasteiger partial charge in [0, 0.05) is 154 Å². The van der Waals surface area contributed by atoms with Crippen LogP contribution in [0.1, 0.15) is 6.85 Å². The third-order valence-electron chi connectivity index (χ3n) is 25.5. The molecule has 13 aromatic heterocycles. The van der Waals surface area contributed by atoms with Crippen LogP contribution in [0.3, 0.4) is 0 Å². The molecule has 0 bridgehead atoms. The van der Waals surface area contributed by atoms with Crippen LogP contribution in [-0.2, 0) is 0 Å². The number of thiophene rings is 6. The Bertz CT molecular complexity index is 9950. The van der Waals surface area contributed by atoms with Crippen LogP contribution in [0, 0.1) is 0 Å². The molecule has 16 heteroatoms. The zero-order valence-corrected chi connectivity index (χ0v) is 72.7. The third kappa shape index (κ3) is 10.8. The number of nitrogens with zero attached hydrogens (tertiary/aromatic N) is 10. The molecule has 0 unspecified atom stereocenters. The number of fused-ring (bicyclic) bond motifs is 39. The summed E-state index contributed by atoms with van der Waals surface area (Å²) in [5.41, 5.74) is 10.8. The van der Waals surface area contributed by atoms with Gasteiger partial charge in [0.2, 0.25) is 17.8 Å². The summed E-state index contributed by atoms with van der Waals surface area (Å²) < 4.78 is 60.7. The van der Waals surface area contributed by atoms with E-state index in [4.69, 9.17) is 36.8 Å². The summed E-state index contributed by atoms with van der Waals surface area (Å²) in [4.78, 5) is 39.1. The summed E-state index contributed by atoms with van der Waals surface area (Å²) >= 11 is 10.4. The van der Waals surface area contributed by atoms with E-state index in [0.717, 1.165) is 101 Å². The van der Waals surface area contributed by atoms with Crippen LogP contribution in [0.15, 0.2) is 376 Å². The van der Waals surface area contributed by atoms with E-state index >= 15 is 0 Å². The maximum Gasteiger partial charge on any atom is 0.236 e. The quantitative estimate of drug-likeness (QED) is 0.163. The Morgan fingerprint density at radius 3 is 0.806 bits per heavy atom. The number of pyridine rings is 1. The molecule has 0 N–H and O–H groups in total. The fourth-order valence-electron chi connectivity index (χ4n) is 20.2. The maximum absolute atomic E-state index is 8.94. The molecular formula is C113H62N10S6. The molecule has 0 fully saturated rings. The number of aromatic nitrogens is 10. The van der Waals surface area contributed by atoms with Crippen molar-refractivity contribution in [1.29, 1.82) is 0 Å². The van der Waals surface area contributed by atoms with Crippen molar-refractivity contribution in [2.45, 2.75) is 0 Å². The summed E-state index contributed by atoms with van der Waals surface area (Å²) in [6.45, 7) is 0. The molecule has 0 radical (unpaired) electrons. The van der Waals surface area contributed by atoms with Crippen molar-refractivity contribution in [3.05, 3.63) is 376 Å². The number of rotatable bonds is 6. The molecule has 0 saturated heterocycles. The third-order valence-corrected chi connectivity index (χ3v) is 32.2. The summed E-state index contributed by atoms with van der Waals surface area (Å²) in [7, 11) is 0. The first kappa shape index (κ1) is 68.0. The van der Waals surface area contributed by atoms with Gasteiger partial charge in [-0.05, 0) is 99.0 Å². The van der Waals surface area contributed by atoms with Gasteiger partial charge < -0.3 is 0 Å². The zero-order chi connectivity index (χ0) is 88.6. The minimum absolute atomic E-state index is 0.0661. The molecule has 129 heavy (non-hydrogen) atoms. The van der Waals surface area contributed by atoms with E-state index in [1.807, 2.05) is 77.5 Å². The molecular weight excluding hydrogens is 1690 g/mol. The van der Waals surface area contributed by atoms with Crippen LogP contribution in [0.4, 0.5) is 0 Å². The Morgan fingerprint density at radius 2 is 0.473 bits per heavy atom. The van der Waals surface area contributed by atoms with Crippen molar-refractivity contribution in [3.8, 4) is 51.6 Å². The van der Waals surface area contributed by atoms with E-state index in [1.54, 1.807) is 34.0 Å². The zero-order valence-electron chi connectivity index (χ0n) is 72.8. The summed E-state index contributed by atoms with van der Waals surface area (Å²) in [5.74, 6) is 1.77. The lowest BCUT2D eigenvalue weighted by molar-refractivity contribution is 1.02. The van der Waals surface area contributed by atoms with Gasteiger partial charge in [-0.2, -0.15) is 0 Å². The normalized spacial score (nSPS) is 12.7. The summed E-state index contributed by atoms with van der Waals surface area (Å²) in [6.07, 6.45) is 3.71. The summed E-state index contributed by atoms with van der Waals surface area (Å²) in [6, 6.07) is 116. The van der Waals surface area contributed by atoms with Crippen molar-refractivity contribution in [2.75, 3.05) is 0 Å². The van der Waals surface area contributed by atoms with Crippen LogP contribution >= 0.6 is 68.0 Å². The van der Waals surface area contributed by atoms with E-state index in [2.05, 4.69) is 310 Å². The molecule has 0 aliphatic carbocycles. The lowest BCUT2D eigenvalue weighted by atomic mass is 9.99. The Balaban J connectivity index is 0.000000100. The highest BCUT2D eigenvalue weighted by Crippen LogP contribution is 2.54. The molecule has 0 amide bonds. The standard InChI is InChI=1S/2C38H21N3S2.C37H20N4S2/c2*1-2-12-22(13-3-1)34-33-27-18-8-11-21-30(27)43-37(33)40-38(39-34)41-28-19-9-6-16-25(28)31-23-14-4-5-15-24(23)32-26-17-7-10-20-29(26)42-36(32)35(31)41;1-2-12-23-22(11-1)30-24-13-3-6-16-27(24)41(34(30)35-31(23)25-14-4-7-17-28(25)42-35)37-39-33(21-10-9-19-38-20-21)32-26-15-5-8-18-29(26)43-36(32)40-37/h2*1-21H;1-20H/i1D,2D,3D,12D,13D;;.